The van der Waals surface area contributed by atoms with E-state index in [-0.39, 0.29) is 5.54 Å². The topological polar surface area (TPSA) is 41.1 Å². The van der Waals surface area contributed by atoms with Crippen LogP contribution in [0.25, 0.3) is 10.6 Å². The maximum atomic E-state index is 6.01. The van der Waals surface area contributed by atoms with Gasteiger partial charge in [0.2, 0.25) is 0 Å². The van der Waals surface area contributed by atoms with E-state index >= 15 is 0 Å². The zero-order valence-corrected chi connectivity index (χ0v) is 13.8. The third-order valence-corrected chi connectivity index (χ3v) is 5.09. The molecule has 0 amide bonds. The van der Waals surface area contributed by atoms with Crippen molar-refractivity contribution in [3.8, 4) is 10.6 Å². The highest BCUT2D eigenvalue weighted by atomic mass is 35.5. The molecule has 0 bridgehead atoms. The van der Waals surface area contributed by atoms with E-state index in [0.29, 0.717) is 5.02 Å². The lowest BCUT2D eigenvalue weighted by Gasteiger charge is -2.40. The Labute approximate surface area is 134 Å². The normalized spacial score (nSPS) is 17.1. The van der Waals surface area contributed by atoms with Gasteiger partial charge in [0.1, 0.15) is 5.01 Å². The van der Waals surface area contributed by atoms with Gasteiger partial charge < -0.3 is 5.32 Å². The van der Waals surface area contributed by atoms with Gasteiger partial charge in [-0.15, -0.1) is 11.3 Å². The SMILES string of the molecule is CC(C)(c1csc(-c2cncc(Cl)c2)n1)N1CCNCC1. The summed E-state index contributed by atoms with van der Waals surface area (Å²) in [4.78, 5) is 11.4. The Morgan fingerprint density at radius 1 is 1.29 bits per heavy atom. The molecule has 2 aromatic rings. The highest BCUT2D eigenvalue weighted by Gasteiger charge is 2.31. The molecule has 3 heterocycles. The second kappa shape index (κ2) is 6.01. The van der Waals surface area contributed by atoms with Gasteiger partial charge in [-0.05, 0) is 19.9 Å². The molecule has 4 nitrogen and oxygen atoms in total. The molecule has 2 aromatic heterocycles. The van der Waals surface area contributed by atoms with Gasteiger partial charge in [-0.3, -0.25) is 9.88 Å². The molecule has 0 saturated carbocycles. The first-order valence-corrected chi connectivity index (χ1v) is 8.36. The number of thiazole rings is 1. The molecule has 0 radical (unpaired) electrons. The average Bonchev–Trinajstić information content (AvgIpc) is 2.99. The summed E-state index contributed by atoms with van der Waals surface area (Å²) in [6.07, 6.45) is 3.45. The van der Waals surface area contributed by atoms with Gasteiger partial charge in [0.25, 0.3) is 0 Å². The fraction of sp³-hybridized carbons (Fsp3) is 0.467. The molecule has 112 valence electrons. The van der Waals surface area contributed by atoms with E-state index in [4.69, 9.17) is 16.6 Å². The van der Waals surface area contributed by atoms with E-state index < -0.39 is 0 Å². The van der Waals surface area contributed by atoms with Crippen LogP contribution in [-0.4, -0.2) is 41.0 Å². The number of pyridine rings is 1. The summed E-state index contributed by atoms with van der Waals surface area (Å²) in [5.41, 5.74) is 2.04. The monoisotopic (exact) mass is 322 g/mol. The summed E-state index contributed by atoms with van der Waals surface area (Å²) in [6.45, 7) is 8.68. The van der Waals surface area contributed by atoms with Crippen LogP contribution in [0.15, 0.2) is 23.8 Å². The molecule has 0 atom stereocenters. The first-order valence-electron chi connectivity index (χ1n) is 7.10. The minimum Gasteiger partial charge on any atom is -0.314 e. The highest BCUT2D eigenvalue weighted by molar-refractivity contribution is 7.13. The van der Waals surface area contributed by atoms with Crippen LogP contribution in [0.2, 0.25) is 5.02 Å². The van der Waals surface area contributed by atoms with Crippen LogP contribution in [0.5, 0.6) is 0 Å². The lowest BCUT2D eigenvalue weighted by Crippen LogP contribution is -2.51. The first kappa shape index (κ1) is 14.9. The molecular weight excluding hydrogens is 304 g/mol. The third kappa shape index (κ3) is 3.11. The number of aromatic nitrogens is 2. The van der Waals surface area contributed by atoms with Gasteiger partial charge in [0.15, 0.2) is 0 Å². The molecule has 6 heteroatoms. The van der Waals surface area contributed by atoms with E-state index in [1.54, 1.807) is 17.5 Å². The fourth-order valence-corrected chi connectivity index (χ4v) is 3.74. The van der Waals surface area contributed by atoms with Gasteiger partial charge in [0, 0.05) is 49.5 Å². The third-order valence-electron chi connectivity index (χ3n) is 3.99. The van der Waals surface area contributed by atoms with E-state index in [0.717, 1.165) is 42.4 Å². The lowest BCUT2D eigenvalue weighted by atomic mass is 9.98. The molecule has 0 spiro atoms. The standard InChI is InChI=1S/C15H19ClN4S/c1-15(2,20-5-3-17-4-6-20)13-10-21-14(19-13)11-7-12(16)9-18-8-11/h7-10,17H,3-6H2,1-2H3. The number of rotatable bonds is 3. The Morgan fingerprint density at radius 2 is 2.05 bits per heavy atom. The quantitative estimate of drug-likeness (QED) is 0.943. The zero-order chi connectivity index (χ0) is 14.9. The highest BCUT2D eigenvalue weighted by Crippen LogP contribution is 2.33. The van der Waals surface area contributed by atoms with Gasteiger partial charge >= 0.3 is 0 Å². The van der Waals surface area contributed by atoms with E-state index in [1.165, 1.54) is 0 Å². The summed E-state index contributed by atoms with van der Waals surface area (Å²) < 4.78 is 0. The number of piperazine rings is 1. The Kier molecular flexibility index (Phi) is 4.26. The number of hydrogen-bond acceptors (Lipinski definition) is 5. The summed E-state index contributed by atoms with van der Waals surface area (Å²) >= 11 is 7.66. The summed E-state index contributed by atoms with van der Waals surface area (Å²) in [6, 6.07) is 1.91. The summed E-state index contributed by atoms with van der Waals surface area (Å²) in [7, 11) is 0. The van der Waals surface area contributed by atoms with Crippen molar-refractivity contribution in [2.45, 2.75) is 19.4 Å². The van der Waals surface area contributed by atoms with Crippen molar-refractivity contribution in [2.75, 3.05) is 26.2 Å². The smallest absolute Gasteiger partial charge is 0.125 e. The molecule has 1 saturated heterocycles. The predicted molar refractivity (Wildman–Crippen MR) is 87.8 cm³/mol. The Hall–Kier alpha value is -1.01. The van der Waals surface area contributed by atoms with Crippen molar-refractivity contribution in [1.82, 2.24) is 20.2 Å². The number of hydrogen-bond donors (Lipinski definition) is 1. The average molecular weight is 323 g/mol. The van der Waals surface area contributed by atoms with Gasteiger partial charge in [-0.2, -0.15) is 0 Å². The van der Waals surface area contributed by atoms with E-state index in [9.17, 15) is 0 Å². The van der Waals surface area contributed by atoms with Crippen molar-refractivity contribution in [3.05, 3.63) is 34.6 Å². The minimum absolute atomic E-state index is 0.0527. The second-order valence-electron chi connectivity index (χ2n) is 5.73. The molecule has 0 aliphatic carbocycles. The van der Waals surface area contributed by atoms with Crippen molar-refractivity contribution in [3.63, 3.8) is 0 Å². The Morgan fingerprint density at radius 3 is 2.76 bits per heavy atom. The van der Waals surface area contributed by atoms with Crippen molar-refractivity contribution in [2.24, 2.45) is 0 Å². The van der Waals surface area contributed by atoms with E-state index in [1.807, 2.05) is 12.3 Å². The van der Waals surface area contributed by atoms with Gasteiger partial charge in [-0.25, -0.2) is 4.98 Å². The van der Waals surface area contributed by atoms with Crippen molar-refractivity contribution < 1.29 is 0 Å². The molecule has 0 aromatic carbocycles. The number of halogens is 1. The van der Waals surface area contributed by atoms with Gasteiger partial charge in [-0.1, -0.05) is 11.6 Å². The zero-order valence-electron chi connectivity index (χ0n) is 12.3. The van der Waals surface area contributed by atoms with Crippen molar-refractivity contribution >= 4 is 22.9 Å². The lowest BCUT2D eigenvalue weighted by molar-refractivity contribution is 0.0994. The predicted octanol–water partition coefficient (Wildman–Crippen LogP) is 3.00. The molecular formula is C15H19ClN4S. The molecule has 1 fully saturated rings. The van der Waals surface area contributed by atoms with E-state index in [2.05, 4.69) is 34.4 Å². The van der Waals surface area contributed by atoms with Crippen LogP contribution in [-0.2, 0) is 5.54 Å². The Balaban J connectivity index is 1.86. The Bertz CT molecular complexity index is 620. The van der Waals surface area contributed by atoms with Crippen LogP contribution in [0.3, 0.4) is 0 Å². The maximum absolute atomic E-state index is 6.01. The first-order chi connectivity index (χ1) is 10.1. The largest absolute Gasteiger partial charge is 0.314 e. The van der Waals surface area contributed by atoms with Crippen LogP contribution < -0.4 is 5.32 Å². The number of nitrogens with one attached hydrogen (secondary N) is 1. The molecule has 3 rings (SSSR count). The van der Waals surface area contributed by atoms with Crippen molar-refractivity contribution in [1.29, 1.82) is 0 Å². The summed E-state index contributed by atoms with van der Waals surface area (Å²) in [5.74, 6) is 0. The maximum Gasteiger partial charge on any atom is 0.125 e. The molecule has 1 N–H and O–H groups in total. The molecule has 21 heavy (non-hydrogen) atoms. The van der Waals surface area contributed by atoms with Crippen LogP contribution in [0.1, 0.15) is 19.5 Å². The van der Waals surface area contributed by atoms with Crippen LogP contribution in [0.4, 0.5) is 0 Å². The van der Waals surface area contributed by atoms with Gasteiger partial charge in [0.05, 0.1) is 16.3 Å². The minimum atomic E-state index is -0.0527. The molecule has 0 unspecified atom stereocenters. The van der Waals surface area contributed by atoms with Crippen LogP contribution in [0, 0.1) is 0 Å². The summed E-state index contributed by atoms with van der Waals surface area (Å²) in [5, 5.41) is 7.16. The molecule has 1 aliphatic rings. The number of nitrogens with zero attached hydrogens (tertiary/aromatic N) is 3. The second-order valence-corrected chi connectivity index (χ2v) is 7.02. The molecule has 1 aliphatic heterocycles. The van der Waals surface area contributed by atoms with Crippen LogP contribution >= 0.6 is 22.9 Å². The fourth-order valence-electron chi connectivity index (χ4n) is 2.60.